The van der Waals surface area contributed by atoms with E-state index in [1.165, 1.54) is 0 Å². The van der Waals surface area contributed by atoms with Gasteiger partial charge in [0.15, 0.2) is 0 Å². The maximum Gasteiger partial charge on any atom is 0.239 e. The van der Waals surface area contributed by atoms with Gasteiger partial charge in [-0.25, -0.2) is 0 Å². The lowest BCUT2D eigenvalue weighted by atomic mass is 9.90. The van der Waals surface area contributed by atoms with E-state index in [9.17, 15) is 4.79 Å². The molecule has 1 saturated carbocycles. The number of nitrogens with two attached hydrogens (primary N) is 1. The smallest absolute Gasteiger partial charge is 0.239 e. The molecule has 2 aliphatic rings. The third-order valence-electron chi connectivity index (χ3n) is 4.35. The monoisotopic (exact) mass is 255 g/mol. The molecule has 1 heterocycles. The van der Waals surface area contributed by atoms with Gasteiger partial charge in [-0.05, 0) is 39.7 Å². The van der Waals surface area contributed by atoms with E-state index >= 15 is 0 Å². The van der Waals surface area contributed by atoms with E-state index in [0.29, 0.717) is 18.5 Å². The van der Waals surface area contributed by atoms with Crippen molar-refractivity contribution in [3.63, 3.8) is 0 Å². The number of nitrogens with one attached hydrogen (secondary N) is 1. The van der Waals surface area contributed by atoms with E-state index < -0.39 is 5.54 Å². The van der Waals surface area contributed by atoms with Crippen molar-refractivity contribution in [3.8, 4) is 0 Å². The zero-order valence-electron chi connectivity index (χ0n) is 11.6. The topological polar surface area (TPSA) is 67.6 Å². The highest BCUT2D eigenvalue weighted by molar-refractivity contribution is 5.86. The van der Waals surface area contributed by atoms with E-state index in [-0.39, 0.29) is 12.0 Å². The summed E-state index contributed by atoms with van der Waals surface area (Å²) >= 11 is 0. The lowest BCUT2D eigenvalue weighted by molar-refractivity contribution is -0.128. The Kier molecular flexibility index (Phi) is 3.94. The molecule has 0 radical (unpaired) electrons. The summed E-state index contributed by atoms with van der Waals surface area (Å²) in [6.45, 7) is 6.49. The molecule has 2 rings (SSSR count). The van der Waals surface area contributed by atoms with Gasteiger partial charge in [0.05, 0.1) is 12.7 Å². The van der Waals surface area contributed by atoms with Crippen molar-refractivity contribution in [2.75, 3.05) is 26.7 Å². The lowest BCUT2D eigenvalue weighted by Crippen LogP contribution is -2.64. The molecule has 0 aromatic carbocycles. The fourth-order valence-corrected chi connectivity index (χ4v) is 2.90. The highest BCUT2D eigenvalue weighted by atomic mass is 16.5. The molecule has 1 aliphatic heterocycles. The summed E-state index contributed by atoms with van der Waals surface area (Å²) < 4.78 is 5.63. The van der Waals surface area contributed by atoms with Gasteiger partial charge in [0.25, 0.3) is 0 Å². The second kappa shape index (κ2) is 5.15. The number of ether oxygens (including phenoxy) is 1. The average Bonchev–Trinajstić information content (AvgIpc) is 3.14. The number of primary amides is 1. The Morgan fingerprint density at radius 3 is 2.67 bits per heavy atom. The minimum Gasteiger partial charge on any atom is -0.376 e. The standard InChI is InChI=1S/C13H25N3O2/c1-9-7-18-10(2)6-16(9)8-13(15-3,12(14)17)11-4-5-11/h9-11,15H,4-8H2,1-3H3,(H2,14,17). The van der Waals surface area contributed by atoms with Gasteiger partial charge >= 0.3 is 0 Å². The fourth-order valence-electron chi connectivity index (χ4n) is 2.90. The number of nitrogens with zero attached hydrogens (tertiary/aromatic N) is 1. The number of likely N-dealkylation sites (N-methyl/N-ethyl adjacent to an activating group) is 1. The van der Waals surface area contributed by atoms with Crippen LogP contribution in [0.5, 0.6) is 0 Å². The molecular formula is C13H25N3O2. The molecule has 0 bridgehead atoms. The molecule has 3 N–H and O–H groups in total. The third kappa shape index (κ3) is 2.53. The van der Waals surface area contributed by atoms with Gasteiger partial charge < -0.3 is 15.8 Å². The predicted octanol–water partition coefficient (Wildman–Crippen LogP) is -0.0509. The molecule has 0 spiro atoms. The SMILES string of the molecule is CNC(CN1CC(C)OCC1C)(C(N)=O)C1CC1. The van der Waals surface area contributed by atoms with Crippen molar-refractivity contribution in [1.82, 2.24) is 10.2 Å². The van der Waals surface area contributed by atoms with E-state index in [4.69, 9.17) is 10.5 Å². The van der Waals surface area contributed by atoms with Crippen molar-refractivity contribution in [2.24, 2.45) is 11.7 Å². The molecule has 1 amide bonds. The summed E-state index contributed by atoms with van der Waals surface area (Å²) in [5.74, 6) is 0.171. The van der Waals surface area contributed by atoms with Gasteiger partial charge in [0.1, 0.15) is 5.54 Å². The summed E-state index contributed by atoms with van der Waals surface area (Å²) in [5.41, 5.74) is 5.10. The molecule has 3 unspecified atom stereocenters. The second-order valence-corrected chi connectivity index (χ2v) is 5.78. The van der Waals surface area contributed by atoms with E-state index in [1.54, 1.807) is 0 Å². The molecule has 5 nitrogen and oxygen atoms in total. The van der Waals surface area contributed by atoms with Crippen molar-refractivity contribution in [2.45, 2.75) is 44.4 Å². The lowest BCUT2D eigenvalue weighted by Gasteiger charge is -2.42. The minimum absolute atomic E-state index is 0.223. The van der Waals surface area contributed by atoms with Crippen LogP contribution in [0.3, 0.4) is 0 Å². The molecule has 1 saturated heterocycles. The number of hydrogen-bond acceptors (Lipinski definition) is 4. The van der Waals surface area contributed by atoms with E-state index in [0.717, 1.165) is 26.0 Å². The minimum atomic E-state index is -0.564. The van der Waals surface area contributed by atoms with Crippen LogP contribution in [0.2, 0.25) is 0 Å². The first-order valence-corrected chi connectivity index (χ1v) is 6.84. The van der Waals surface area contributed by atoms with Crippen molar-refractivity contribution >= 4 is 5.91 Å². The van der Waals surface area contributed by atoms with Gasteiger partial charge in [0.2, 0.25) is 5.91 Å². The number of carbonyl (C=O) groups excluding carboxylic acids is 1. The van der Waals surface area contributed by atoms with Crippen molar-refractivity contribution in [3.05, 3.63) is 0 Å². The van der Waals surface area contributed by atoms with Crippen molar-refractivity contribution in [1.29, 1.82) is 0 Å². The zero-order chi connectivity index (χ0) is 13.3. The van der Waals surface area contributed by atoms with Gasteiger partial charge in [0, 0.05) is 19.1 Å². The van der Waals surface area contributed by atoms with Crippen molar-refractivity contribution < 1.29 is 9.53 Å². The molecule has 5 heteroatoms. The van der Waals surface area contributed by atoms with Crippen LogP contribution >= 0.6 is 0 Å². The van der Waals surface area contributed by atoms with E-state index in [1.807, 2.05) is 7.05 Å². The average molecular weight is 255 g/mol. The number of carbonyl (C=O) groups is 1. The van der Waals surface area contributed by atoms with Gasteiger partial charge in [-0.2, -0.15) is 0 Å². The van der Waals surface area contributed by atoms with Crippen LogP contribution in [0.4, 0.5) is 0 Å². The summed E-state index contributed by atoms with van der Waals surface area (Å²) in [5, 5.41) is 3.20. The highest BCUT2D eigenvalue weighted by Crippen LogP contribution is 2.40. The number of hydrogen-bond donors (Lipinski definition) is 2. The first-order valence-electron chi connectivity index (χ1n) is 6.84. The van der Waals surface area contributed by atoms with Gasteiger partial charge in [-0.1, -0.05) is 0 Å². The Morgan fingerprint density at radius 2 is 2.17 bits per heavy atom. The van der Waals surface area contributed by atoms with Crippen LogP contribution in [0.15, 0.2) is 0 Å². The Bertz CT molecular complexity index is 319. The highest BCUT2D eigenvalue weighted by Gasteiger charge is 2.50. The molecule has 0 aromatic heterocycles. The Morgan fingerprint density at radius 1 is 1.50 bits per heavy atom. The van der Waals surface area contributed by atoms with Crippen LogP contribution in [-0.4, -0.2) is 55.2 Å². The first-order chi connectivity index (χ1) is 8.49. The molecule has 18 heavy (non-hydrogen) atoms. The maximum absolute atomic E-state index is 11.9. The van der Waals surface area contributed by atoms with Crippen LogP contribution in [0.25, 0.3) is 0 Å². The maximum atomic E-state index is 11.9. The molecule has 3 atom stereocenters. The van der Waals surface area contributed by atoms with Crippen LogP contribution in [0.1, 0.15) is 26.7 Å². The second-order valence-electron chi connectivity index (χ2n) is 5.78. The number of rotatable bonds is 5. The summed E-state index contributed by atoms with van der Waals surface area (Å²) in [6, 6.07) is 0.340. The van der Waals surface area contributed by atoms with Crippen LogP contribution < -0.4 is 11.1 Å². The summed E-state index contributed by atoms with van der Waals surface area (Å²) in [4.78, 5) is 14.2. The van der Waals surface area contributed by atoms with Gasteiger partial charge in [-0.3, -0.25) is 9.69 Å². The molecule has 104 valence electrons. The van der Waals surface area contributed by atoms with Crippen LogP contribution in [0, 0.1) is 5.92 Å². The fraction of sp³-hybridized carbons (Fsp3) is 0.923. The first kappa shape index (κ1) is 13.8. The Balaban J connectivity index is 2.10. The normalized spacial score (nSPS) is 33.1. The van der Waals surface area contributed by atoms with Gasteiger partial charge in [-0.15, -0.1) is 0 Å². The molecule has 0 aromatic rings. The zero-order valence-corrected chi connectivity index (χ0v) is 11.6. The molecular weight excluding hydrogens is 230 g/mol. The summed E-state index contributed by atoms with van der Waals surface area (Å²) in [6.07, 6.45) is 2.42. The Hall–Kier alpha value is -0.650. The molecule has 2 fully saturated rings. The van der Waals surface area contributed by atoms with Crippen LogP contribution in [-0.2, 0) is 9.53 Å². The largest absolute Gasteiger partial charge is 0.376 e. The predicted molar refractivity (Wildman–Crippen MR) is 70.2 cm³/mol. The number of morpholine rings is 1. The molecule has 1 aliphatic carbocycles. The third-order valence-corrected chi connectivity index (χ3v) is 4.35. The quantitative estimate of drug-likeness (QED) is 0.723. The van der Waals surface area contributed by atoms with E-state index in [2.05, 4.69) is 24.1 Å². The Labute approximate surface area is 109 Å². The number of amides is 1. The summed E-state index contributed by atoms with van der Waals surface area (Å²) in [7, 11) is 1.84.